The Labute approximate surface area is 176 Å². The van der Waals surface area contributed by atoms with Crippen LogP contribution in [0.3, 0.4) is 0 Å². The van der Waals surface area contributed by atoms with E-state index < -0.39 is 5.97 Å². The van der Waals surface area contributed by atoms with E-state index in [0.717, 1.165) is 53.6 Å². The first-order valence-electron chi connectivity index (χ1n) is 10.5. The average Bonchev–Trinajstić information content (AvgIpc) is 2.71. The molecule has 2 aromatic rings. The molecule has 0 spiro atoms. The number of amidine groups is 1. The molecule has 30 heavy (non-hydrogen) atoms. The van der Waals surface area contributed by atoms with Gasteiger partial charge in [-0.1, -0.05) is 6.92 Å². The lowest BCUT2D eigenvalue weighted by molar-refractivity contribution is -0.179. The molecule has 0 aliphatic heterocycles. The third-order valence-electron chi connectivity index (χ3n) is 5.42. The number of fused-ring (bicyclic) bond motifs is 1. The fraction of sp³-hybridized carbons (Fsp3) is 0.478. The molecule has 0 unspecified atom stereocenters. The first kappa shape index (κ1) is 21.9. The quantitative estimate of drug-likeness (QED) is 0.405. The van der Waals surface area contributed by atoms with Gasteiger partial charge in [0.05, 0.1) is 11.6 Å². The van der Waals surface area contributed by atoms with Crippen molar-refractivity contribution in [1.82, 2.24) is 10.0 Å². The molecule has 0 N–H and O–H groups in total. The summed E-state index contributed by atoms with van der Waals surface area (Å²) < 4.78 is 13.8. The summed E-state index contributed by atoms with van der Waals surface area (Å²) in [4.78, 5) is 37.6. The van der Waals surface area contributed by atoms with Crippen molar-refractivity contribution in [3.8, 4) is 0 Å². The summed E-state index contributed by atoms with van der Waals surface area (Å²) in [5, 5.41) is 1.89. The van der Waals surface area contributed by atoms with Crippen LogP contribution in [-0.4, -0.2) is 33.8 Å². The smallest absolute Gasteiger partial charge is 0.330 e. The van der Waals surface area contributed by atoms with Crippen LogP contribution >= 0.6 is 0 Å². The van der Waals surface area contributed by atoms with Crippen LogP contribution in [0.15, 0.2) is 35.5 Å². The maximum absolute atomic E-state index is 13.8. The number of carbonyl (C=O) groups excluding carboxylic acids is 2. The number of carbonyl (C=O) groups is 2. The number of benzene rings is 1. The number of pyridine rings is 1. The zero-order valence-corrected chi connectivity index (χ0v) is 17.7. The lowest BCUT2D eigenvalue weighted by Gasteiger charge is -2.29. The van der Waals surface area contributed by atoms with E-state index in [4.69, 9.17) is 9.83 Å². The maximum Gasteiger partial charge on any atom is 0.330 e. The minimum absolute atomic E-state index is 0.0602. The molecule has 1 aliphatic carbocycles. The van der Waals surface area contributed by atoms with Crippen LogP contribution in [0.5, 0.6) is 0 Å². The van der Waals surface area contributed by atoms with Gasteiger partial charge in [-0.2, -0.15) is 0 Å². The molecule has 160 valence electrons. The van der Waals surface area contributed by atoms with Gasteiger partial charge in [0.25, 0.3) is 5.91 Å². The summed E-state index contributed by atoms with van der Waals surface area (Å²) in [5.74, 6) is -0.351. The Hall–Kier alpha value is -2.83. The van der Waals surface area contributed by atoms with E-state index in [9.17, 15) is 14.0 Å². The van der Waals surface area contributed by atoms with E-state index in [0.29, 0.717) is 18.2 Å². The van der Waals surface area contributed by atoms with E-state index in [1.54, 1.807) is 18.3 Å². The predicted molar refractivity (Wildman–Crippen MR) is 113 cm³/mol. The summed E-state index contributed by atoms with van der Waals surface area (Å²) >= 11 is 0. The Morgan fingerprint density at radius 3 is 2.57 bits per heavy atom. The summed E-state index contributed by atoms with van der Waals surface area (Å²) in [6, 6.07) is 6.75. The topological polar surface area (TPSA) is 71.9 Å². The van der Waals surface area contributed by atoms with Crippen molar-refractivity contribution < 1.29 is 18.8 Å². The van der Waals surface area contributed by atoms with Gasteiger partial charge in [0.1, 0.15) is 11.7 Å². The number of aromatic nitrogens is 1. The minimum atomic E-state index is -0.547. The molecular formula is C23H28FN3O3. The zero-order chi connectivity index (χ0) is 21.7. The highest BCUT2D eigenvalue weighted by Gasteiger charge is 2.26. The Morgan fingerprint density at radius 1 is 1.20 bits per heavy atom. The molecule has 0 saturated heterocycles. The number of aliphatic imine (C=N–C) groups is 1. The molecule has 1 aliphatic rings. The van der Waals surface area contributed by atoms with Crippen LogP contribution in [0, 0.1) is 5.82 Å². The Morgan fingerprint density at radius 2 is 1.93 bits per heavy atom. The highest BCUT2D eigenvalue weighted by atomic mass is 19.1. The molecule has 7 heteroatoms. The van der Waals surface area contributed by atoms with E-state index in [1.165, 1.54) is 19.9 Å². The largest absolute Gasteiger partial charge is 0.332 e. The molecule has 1 aromatic heterocycles. The number of hydroxylamine groups is 2. The summed E-state index contributed by atoms with van der Waals surface area (Å²) in [7, 11) is 0. The average molecular weight is 413 g/mol. The molecule has 1 fully saturated rings. The third kappa shape index (κ3) is 5.20. The van der Waals surface area contributed by atoms with Crippen LogP contribution in [0.1, 0.15) is 70.8 Å². The van der Waals surface area contributed by atoms with E-state index in [1.807, 2.05) is 13.0 Å². The van der Waals surface area contributed by atoms with Gasteiger partial charge >= 0.3 is 5.97 Å². The normalized spacial score (nSPS) is 19.5. The van der Waals surface area contributed by atoms with Gasteiger partial charge < -0.3 is 4.84 Å². The van der Waals surface area contributed by atoms with Crippen molar-refractivity contribution in [3.63, 3.8) is 0 Å². The zero-order valence-electron chi connectivity index (χ0n) is 17.7. The minimum Gasteiger partial charge on any atom is -0.332 e. The lowest BCUT2D eigenvalue weighted by Crippen LogP contribution is -2.37. The van der Waals surface area contributed by atoms with Crippen molar-refractivity contribution >= 4 is 28.6 Å². The number of halogens is 1. The molecule has 3 rings (SSSR count). The fourth-order valence-corrected chi connectivity index (χ4v) is 4.09. The number of hydrogen-bond donors (Lipinski definition) is 0. The standard InChI is InChI=1S/C23H28FN3O3/c1-4-5-23(27(15(2)28)30-16(3)29)26-19-9-6-17(7-10-19)20-12-13-25-22-11-8-18(24)14-21(20)22/h8,11-14,17,19H,4-7,9-10H2,1-3H3. The summed E-state index contributed by atoms with van der Waals surface area (Å²) in [6.07, 6.45) is 6.65. The van der Waals surface area contributed by atoms with Crippen molar-refractivity contribution in [3.05, 3.63) is 41.8 Å². The predicted octanol–water partition coefficient (Wildman–Crippen LogP) is 4.93. The molecule has 1 amide bonds. The second-order valence-corrected chi connectivity index (χ2v) is 7.76. The SMILES string of the molecule is CCCC(=NC1CCC(c2ccnc3ccc(F)cc23)CC1)N(OC(C)=O)C(C)=O. The number of hydrogen-bond acceptors (Lipinski definition) is 5. The van der Waals surface area contributed by atoms with Gasteiger partial charge in [-0.25, -0.2) is 9.18 Å². The molecule has 0 radical (unpaired) electrons. The van der Waals surface area contributed by atoms with Crippen LogP contribution < -0.4 is 0 Å². The van der Waals surface area contributed by atoms with Gasteiger partial charge in [-0.15, -0.1) is 5.06 Å². The molecule has 1 aromatic carbocycles. The number of rotatable bonds is 4. The van der Waals surface area contributed by atoms with Crippen LogP contribution in [0.4, 0.5) is 4.39 Å². The Bertz CT molecular complexity index is 952. The van der Waals surface area contributed by atoms with E-state index in [-0.39, 0.29) is 17.8 Å². The fourth-order valence-electron chi connectivity index (χ4n) is 4.09. The number of nitrogens with zero attached hydrogens (tertiary/aromatic N) is 3. The van der Waals surface area contributed by atoms with Gasteiger partial charge in [0, 0.05) is 31.9 Å². The highest BCUT2D eigenvalue weighted by Crippen LogP contribution is 2.37. The number of amides is 1. The highest BCUT2D eigenvalue weighted by molar-refractivity contribution is 5.97. The van der Waals surface area contributed by atoms with Crippen molar-refractivity contribution in [2.75, 3.05) is 0 Å². The molecule has 1 heterocycles. The molecule has 6 nitrogen and oxygen atoms in total. The molecule has 1 saturated carbocycles. The van der Waals surface area contributed by atoms with Crippen molar-refractivity contribution in [2.24, 2.45) is 4.99 Å². The van der Waals surface area contributed by atoms with Gasteiger partial charge in [-0.3, -0.25) is 14.8 Å². The van der Waals surface area contributed by atoms with Crippen LogP contribution in [-0.2, 0) is 14.4 Å². The second kappa shape index (κ2) is 9.78. The molecule has 0 bridgehead atoms. The van der Waals surface area contributed by atoms with Crippen molar-refractivity contribution in [2.45, 2.75) is 71.3 Å². The van der Waals surface area contributed by atoms with E-state index in [2.05, 4.69) is 4.98 Å². The maximum atomic E-state index is 13.8. The summed E-state index contributed by atoms with van der Waals surface area (Å²) in [5.41, 5.74) is 1.93. The lowest BCUT2D eigenvalue weighted by atomic mass is 9.81. The van der Waals surface area contributed by atoms with Crippen molar-refractivity contribution in [1.29, 1.82) is 0 Å². The summed E-state index contributed by atoms with van der Waals surface area (Å²) in [6.45, 7) is 4.62. The molecule has 0 atom stereocenters. The van der Waals surface area contributed by atoms with Gasteiger partial charge in [0.15, 0.2) is 0 Å². The van der Waals surface area contributed by atoms with Crippen LogP contribution in [0.2, 0.25) is 0 Å². The first-order valence-corrected chi connectivity index (χ1v) is 10.5. The second-order valence-electron chi connectivity index (χ2n) is 7.76. The van der Waals surface area contributed by atoms with Gasteiger partial charge in [0.2, 0.25) is 0 Å². The monoisotopic (exact) mass is 413 g/mol. The molecular weight excluding hydrogens is 385 g/mol. The van der Waals surface area contributed by atoms with Gasteiger partial charge in [-0.05, 0) is 67.9 Å². The third-order valence-corrected chi connectivity index (χ3v) is 5.42. The Kier molecular flexibility index (Phi) is 7.13. The van der Waals surface area contributed by atoms with Crippen LogP contribution in [0.25, 0.3) is 10.9 Å². The van der Waals surface area contributed by atoms with E-state index >= 15 is 0 Å². The Balaban J connectivity index is 1.76. The first-order chi connectivity index (χ1) is 14.4.